The van der Waals surface area contributed by atoms with Crippen molar-refractivity contribution in [3.05, 3.63) is 70.9 Å². The lowest BCUT2D eigenvalue weighted by molar-refractivity contribution is 0.625. The first-order chi connectivity index (χ1) is 11.8. The lowest BCUT2D eigenvalue weighted by Crippen LogP contribution is -2.19. The number of benzene rings is 2. The molecule has 0 saturated heterocycles. The van der Waals surface area contributed by atoms with Crippen molar-refractivity contribution in [2.45, 2.75) is 19.5 Å². The zero-order valence-corrected chi connectivity index (χ0v) is 14.8. The van der Waals surface area contributed by atoms with Crippen LogP contribution in [0.15, 0.2) is 54.7 Å². The van der Waals surface area contributed by atoms with Crippen LogP contribution >= 0.6 is 11.6 Å². The SMILES string of the molecule is CNCCCNCc1cn(Cc2ccc(Cl)cc2)c2ccccc12. The van der Waals surface area contributed by atoms with Crippen LogP contribution in [-0.4, -0.2) is 24.7 Å². The van der Waals surface area contributed by atoms with Gasteiger partial charge in [0.2, 0.25) is 0 Å². The summed E-state index contributed by atoms with van der Waals surface area (Å²) in [7, 11) is 1.99. The van der Waals surface area contributed by atoms with Crippen molar-refractivity contribution in [1.82, 2.24) is 15.2 Å². The van der Waals surface area contributed by atoms with Crippen molar-refractivity contribution in [2.24, 2.45) is 0 Å². The van der Waals surface area contributed by atoms with Crippen LogP contribution in [0.1, 0.15) is 17.5 Å². The number of rotatable bonds is 8. The molecular weight excluding hydrogens is 318 g/mol. The quantitative estimate of drug-likeness (QED) is 0.605. The second kappa shape index (κ2) is 8.34. The van der Waals surface area contributed by atoms with Gasteiger partial charge in [-0.25, -0.2) is 0 Å². The van der Waals surface area contributed by atoms with Crippen LogP contribution in [0.3, 0.4) is 0 Å². The Morgan fingerprint density at radius 1 is 1.00 bits per heavy atom. The molecule has 0 radical (unpaired) electrons. The first kappa shape index (κ1) is 17.0. The van der Waals surface area contributed by atoms with Crippen LogP contribution in [0.25, 0.3) is 10.9 Å². The van der Waals surface area contributed by atoms with Crippen LogP contribution in [0.4, 0.5) is 0 Å². The molecule has 0 aliphatic rings. The summed E-state index contributed by atoms with van der Waals surface area (Å²) in [6.45, 7) is 3.83. The molecule has 0 aliphatic carbocycles. The molecule has 24 heavy (non-hydrogen) atoms. The highest BCUT2D eigenvalue weighted by atomic mass is 35.5. The minimum atomic E-state index is 0.780. The van der Waals surface area contributed by atoms with Crippen LogP contribution in [0.2, 0.25) is 5.02 Å². The fourth-order valence-corrected chi connectivity index (χ4v) is 3.12. The van der Waals surface area contributed by atoms with Gasteiger partial charge in [-0.2, -0.15) is 0 Å². The maximum absolute atomic E-state index is 5.99. The average molecular weight is 342 g/mol. The summed E-state index contributed by atoms with van der Waals surface area (Å²) in [5.41, 5.74) is 3.89. The highest BCUT2D eigenvalue weighted by Gasteiger charge is 2.08. The number of halogens is 1. The van der Waals surface area contributed by atoms with Gasteiger partial charge in [0.05, 0.1) is 0 Å². The Morgan fingerprint density at radius 2 is 1.79 bits per heavy atom. The fourth-order valence-electron chi connectivity index (χ4n) is 2.99. The minimum Gasteiger partial charge on any atom is -0.343 e. The van der Waals surface area contributed by atoms with Crippen molar-refractivity contribution in [1.29, 1.82) is 0 Å². The molecule has 1 aromatic heterocycles. The Kier molecular flexibility index (Phi) is 5.91. The summed E-state index contributed by atoms with van der Waals surface area (Å²) >= 11 is 5.99. The van der Waals surface area contributed by atoms with E-state index in [0.717, 1.165) is 37.6 Å². The average Bonchev–Trinajstić information content (AvgIpc) is 2.95. The van der Waals surface area contributed by atoms with Gasteiger partial charge in [0.1, 0.15) is 0 Å². The Labute approximate surface area is 148 Å². The molecule has 0 unspecified atom stereocenters. The van der Waals surface area contributed by atoms with Gasteiger partial charge in [-0.1, -0.05) is 41.9 Å². The van der Waals surface area contributed by atoms with Crippen molar-refractivity contribution in [3.8, 4) is 0 Å². The van der Waals surface area contributed by atoms with Gasteiger partial charge >= 0.3 is 0 Å². The molecule has 3 aromatic rings. The molecule has 0 atom stereocenters. The second-order valence-electron chi connectivity index (χ2n) is 6.06. The molecule has 0 fully saturated rings. The summed E-state index contributed by atoms with van der Waals surface area (Å²) < 4.78 is 2.32. The maximum atomic E-state index is 5.99. The van der Waals surface area contributed by atoms with E-state index in [1.807, 2.05) is 19.2 Å². The number of hydrogen-bond donors (Lipinski definition) is 2. The van der Waals surface area contributed by atoms with Gasteiger partial charge in [0.25, 0.3) is 0 Å². The van der Waals surface area contributed by atoms with Gasteiger partial charge in [-0.3, -0.25) is 0 Å². The largest absolute Gasteiger partial charge is 0.343 e. The van der Waals surface area contributed by atoms with Gasteiger partial charge in [0, 0.05) is 35.2 Å². The number of nitrogens with zero attached hydrogens (tertiary/aromatic N) is 1. The van der Waals surface area contributed by atoms with E-state index in [-0.39, 0.29) is 0 Å². The van der Waals surface area contributed by atoms with Crippen LogP contribution in [-0.2, 0) is 13.1 Å². The lowest BCUT2D eigenvalue weighted by atomic mass is 10.2. The molecule has 3 nitrogen and oxygen atoms in total. The van der Waals surface area contributed by atoms with Gasteiger partial charge in [-0.15, -0.1) is 0 Å². The number of aromatic nitrogens is 1. The summed E-state index contributed by atoms with van der Waals surface area (Å²) in [4.78, 5) is 0. The molecule has 126 valence electrons. The first-order valence-corrected chi connectivity index (χ1v) is 8.82. The molecule has 0 amide bonds. The normalized spacial score (nSPS) is 11.2. The third-order valence-corrected chi connectivity index (χ3v) is 4.49. The monoisotopic (exact) mass is 341 g/mol. The number of nitrogens with one attached hydrogen (secondary N) is 2. The third kappa shape index (κ3) is 4.18. The molecule has 3 rings (SSSR count). The van der Waals surface area contributed by atoms with Crippen molar-refractivity contribution >= 4 is 22.5 Å². The Morgan fingerprint density at radius 3 is 2.58 bits per heavy atom. The lowest BCUT2D eigenvalue weighted by Gasteiger charge is -2.05. The zero-order chi connectivity index (χ0) is 16.8. The molecular formula is C20H24ClN3. The standard InChI is InChI=1S/C20H24ClN3/c1-22-11-4-12-23-13-17-15-24(20-6-3-2-5-19(17)20)14-16-7-9-18(21)10-8-16/h2-3,5-10,15,22-23H,4,11-14H2,1H3. The van der Waals surface area contributed by atoms with E-state index in [1.54, 1.807) is 0 Å². The molecule has 0 aliphatic heterocycles. The maximum Gasteiger partial charge on any atom is 0.0486 e. The Balaban J connectivity index is 1.77. The zero-order valence-electron chi connectivity index (χ0n) is 14.1. The van der Waals surface area contributed by atoms with Crippen LogP contribution in [0.5, 0.6) is 0 Å². The van der Waals surface area contributed by atoms with Gasteiger partial charge in [-0.05, 0) is 55.9 Å². The number of para-hydroxylation sites is 1. The van der Waals surface area contributed by atoms with Crippen LogP contribution in [0, 0.1) is 0 Å². The number of fused-ring (bicyclic) bond motifs is 1. The van der Waals surface area contributed by atoms with E-state index in [4.69, 9.17) is 11.6 Å². The summed E-state index contributed by atoms with van der Waals surface area (Å²) in [6, 6.07) is 16.7. The van der Waals surface area contributed by atoms with Crippen molar-refractivity contribution in [3.63, 3.8) is 0 Å². The van der Waals surface area contributed by atoms with E-state index in [2.05, 4.69) is 57.8 Å². The molecule has 1 heterocycles. The van der Waals surface area contributed by atoms with Crippen LogP contribution < -0.4 is 10.6 Å². The second-order valence-corrected chi connectivity index (χ2v) is 6.50. The van der Waals surface area contributed by atoms with Crippen molar-refractivity contribution in [2.75, 3.05) is 20.1 Å². The Hall–Kier alpha value is -1.81. The smallest absolute Gasteiger partial charge is 0.0486 e. The van der Waals surface area contributed by atoms with Gasteiger partial charge < -0.3 is 15.2 Å². The summed E-state index contributed by atoms with van der Waals surface area (Å²) in [6.07, 6.45) is 3.41. The topological polar surface area (TPSA) is 29.0 Å². The van der Waals surface area contributed by atoms with E-state index < -0.39 is 0 Å². The van der Waals surface area contributed by atoms with Crippen molar-refractivity contribution < 1.29 is 0 Å². The molecule has 2 aromatic carbocycles. The highest BCUT2D eigenvalue weighted by Crippen LogP contribution is 2.22. The van der Waals surface area contributed by atoms with Gasteiger partial charge in [0.15, 0.2) is 0 Å². The number of hydrogen-bond acceptors (Lipinski definition) is 2. The first-order valence-electron chi connectivity index (χ1n) is 8.44. The molecule has 0 saturated carbocycles. The minimum absolute atomic E-state index is 0.780. The Bertz CT molecular complexity index is 777. The van der Waals surface area contributed by atoms with E-state index in [9.17, 15) is 0 Å². The van der Waals surface area contributed by atoms with E-state index in [1.165, 1.54) is 22.0 Å². The summed E-state index contributed by atoms with van der Waals surface area (Å²) in [5, 5.41) is 8.83. The molecule has 0 spiro atoms. The molecule has 4 heteroatoms. The highest BCUT2D eigenvalue weighted by molar-refractivity contribution is 6.30. The third-order valence-electron chi connectivity index (χ3n) is 4.23. The van der Waals surface area contributed by atoms with E-state index >= 15 is 0 Å². The predicted molar refractivity (Wildman–Crippen MR) is 103 cm³/mol. The molecule has 2 N–H and O–H groups in total. The molecule has 0 bridgehead atoms. The fraction of sp³-hybridized carbons (Fsp3) is 0.300. The summed E-state index contributed by atoms with van der Waals surface area (Å²) in [5.74, 6) is 0. The van der Waals surface area contributed by atoms with E-state index in [0.29, 0.717) is 0 Å². The predicted octanol–water partition coefficient (Wildman–Crippen LogP) is 4.04.